The second-order valence-corrected chi connectivity index (χ2v) is 3.58. The molecule has 3 amide bonds. The number of rotatable bonds is 5. The molecule has 0 unspecified atom stereocenters. The van der Waals surface area contributed by atoms with Crippen LogP contribution in [0, 0.1) is 0 Å². The highest BCUT2D eigenvalue weighted by Gasteiger charge is 2.06. The van der Waals surface area contributed by atoms with Gasteiger partial charge in [-0.15, -0.1) is 0 Å². The van der Waals surface area contributed by atoms with E-state index in [2.05, 4.69) is 5.32 Å². The largest absolute Gasteiger partial charge is 0.494 e. The third-order valence-electron chi connectivity index (χ3n) is 2.02. The molecule has 1 aromatic carbocycles. The number of nitrogens with one attached hydrogen (secondary N) is 2. The summed E-state index contributed by atoms with van der Waals surface area (Å²) in [7, 11) is 0. The first-order valence-electron chi connectivity index (χ1n) is 5.77. The molecule has 0 atom stereocenters. The van der Waals surface area contributed by atoms with Crippen molar-refractivity contribution in [2.24, 2.45) is 0 Å². The van der Waals surface area contributed by atoms with E-state index in [1.807, 2.05) is 12.2 Å². The predicted molar refractivity (Wildman–Crippen MR) is 71.5 cm³/mol. The number of imide groups is 1. The van der Waals surface area contributed by atoms with Crippen molar-refractivity contribution in [2.75, 3.05) is 11.9 Å². The number of urea groups is 1. The number of ether oxygens (including phenoxy) is 1. The van der Waals surface area contributed by atoms with Crippen LogP contribution >= 0.6 is 0 Å². The maximum absolute atomic E-state index is 11.5. The van der Waals surface area contributed by atoms with Crippen molar-refractivity contribution >= 4 is 23.6 Å². The lowest BCUT2D eigenvalue weighted by Crippen LogP contribution is -2.33. The topological polar surface area (TPSA) is 105 Å². The average molecular weight is 278 g/mol. The number of amides is 3. The highest BCUT2D eigenvalue weighted by Crippen LogP contribution is 2.16. The molecule has 0 bridgehead atoms. The summed E-state index contributed by atoms with van der Waals surface area (Å²) < 4.78 is 5.26. The van der Waals surface area contributed by atoms with Crippen molar-refractivity contribution in [1.82, 2.24) is 5.32 Å². The quantitative estimate of drug-likeness (QED) is 0.706. The first-order valence-corrected chi connectivity index (χ1v) is 5.77. The molecule has 0 saturated carbocycles. The Labute approximate surface area is 115 Å². The number of hydrogen-bond donors (Lipinski definition) is 3. The van der Waals surface area contributed by atoms with E-state index in [1.54, 1.807) is 24.3 Å². The lowest BCUT2D eigenvalue weighted by molar-refractivity contribution is -0.131. The van der Waals surface area contributed by atoms with Gasteiger partial charge in [-0.1, -0.05) is 6.07 Å². The van der Waals surface area contributed by atoms with Crippen LogP contribution in [-0.4, -0.2) is 29.6 Å². The summed E-state index contributed by atoms with van der Waals surface area (Å²) in [5.74, 6) is -1.52. The van der Waals surface area contributed by atoms with Gasteiger partial charge in [-0.25, -0.2) is 9.59 Å². The Morgan fingerprint density at radius 2 is 2.05 bits per heavy atom. The Morgan fingerprint density at radius 1 is 1.30 bits per heavy atom. The van der Waals surface area contributed by atoms with Crippen molar-refractivity contribution in [3.8, 4) is 5.75 Å². The molecule has 0 fully saturated rings. The maximum atomic E-state index is 11.5. The van der Waals surface area contributed by atoms with Gasteiger partial charge in [-0.2, -0.15) is 0 Å². The van der Waals surface area contributed by atoms with E-state index in [-0.39, 0.29) is 0 Å². The van der Waals surface area contributed by atoms with Crippen LogP contribution in [0.2, 0.25) is 0 Å². The van der Waals surface area contributed by atoms with Crippen LogP contribution in [0.1, 0.15) is 6.92 Å². The molecule has 0 aromatic heterocycles. The minimum absolute atomic E-state index is 0.448. The molecular weight excluding hydrogens is 264 g/mol. The van der Waals surface area contributed by atoms with Crippen LogP contribution in [0.3, 0.4) is 0 Å². The summed E-state index contributed by atoms with van der Waals surface area (Å²) in [6.45, 7) is 2.33. The molecule has 0 spiro atoms. The molecule has 0 heterocycles. The van der Waals surface area contributed by atoms with E-state index in [4.69, 9.17) is 9.84 Å². The first kappa shape index (κ1) is 15.2. The second-order valence-electron chi connectivity index (χ2n) is 3.58. The van der Waals surface area contributed by atoms with Gasteiger partial charge in [-0.05, 0) is 19.1 Å². The molecule has 20 heavy (non-hydrogen) atoms. The SMILES string of the molecule is CCOc1cccc(NC(=O)NC(=O)C=CC(=O)O)c1. The van der Waals surface area contributed by atoms with Gasteiger partial charge >= 0.3 is 12.0 Å². The zero-order chi connectivity index (χ0) is 15.0. The highest BCUT2D eigenvalue weighted by molar-refractivity contribution is 6.06. The third kappa shape index (κ3) is 5.67. The average Bonchev–Trinajstić information content (AvgIpc) is 2.37. The molecule has 0 aliphatic heterocycles. The van der Waals surface area contributed by atoms with E-state index in [0.29, 0.717) is 24.1 Å². The van der Waals surface area contributed by atoms with Gasteiger partial charge in [0.05, 0.1) is 6.61 Å². The zero-order valence-electron chi connectivity index (χ0n) is 10.8. The molecule has 7 nitrogen and oxygen atoms in total. The summed E-state index contributed by atoms with van der Waals surface area (Å²) in [6.07, 6.45) is 1.39. The fourth-order valence-electron chi connectivity index (χ4n) is 1.29. The van der Waals surface area contributed by atoms with Gasteiger partial charge in [0, 0.05) is 23.9 Å². The summed E-state index contributed by atoms with van der Waals surface area (Å²) >= 11 is 0. The van der Waals surface area contributed by atoms with E-state index >= 15 is 0 Å². The number of carbonyl (C=O) groups is 3. The van der Waals surface area contributed by atoms with Crippen molar-refractivity contribution in [1.29, 1.82) is 0 Å². The summed E-state index contributed by atoms with van der Waals surface area (Å²) in [5, 5.41) is 12.7. The van der Waals surface area contributed by atoms with Crippen LogP contribution in [-0.2, 0) is 9.59 Å². The molecule has 1 aromatic rings. The van der Waals surface area contributed by atoms with Gasteiger partial charge < -0.3 is 15.2 Å². The second kappa shape index (κ2) is 7.57. The summed E-state index contributed by atoms with van der Waals surface area (Å²) in [4.78, 5) is 32.8. The van der Waals surface area contributed by atoms with E-state index < -0.39 is 17.9 Å². The molecular formula is C13H14N2O5. The Balaban J connectivity index is 2.55. The Morgan fingerprint density at radius 3 is 2.70 bits per heavy atom. The van der Waals surface area contributed by atoms with E-state index in [0.717, 1.165) is 6.08 Å². The zero-order valence-corrected chi connectivity index (χ0v) is 10.8. The number of carboxylic acid groups (broad SMARTS) is 1. The van der Waals surface area contributed by atoms with Crippen LogP contribution in [0.25, 0.3) is 0 Å². The molecule has 0 aliphatic carbocycles. The molecule has 7 heteroatoms. The van der Waals surface area contributed by atoms with Crippen LogP contribution in [0.15, 0.2) is 36.4 Å². The van der Waals surface area contributed by atoms with Gasteiger partial charge in [0.2, 0.25) is 0 Å². The van der Waals surface area contributed by atoms with Crippen molar-refractivity contribution in [2.45, 2.75) is 6.92 Å². The lowest BCUT2D eigenvalue weighted by atomic mass is 10.3. The monoisotopic (exact) mass is 278 g/mol. The smallest absolute Gasteiger partial charge is 0.328 e. The van der Waals surface area contributed by atoms with Crippen molar-refractivity contribution in [3.63, 3.8) is 0 Å². The fraction of sp³-hybridized carbons (Fsp3) is 0.154. The summed E-state index contributed by atoms with van der Waals surface area (Å²) in [6, 6.07) is 5.87. The molecule has 1 rings (SSSR count). The van der Waals surface area contributed by atoms with E-state index in [1.165, 1.54) is 0 Å². The molecule has 3 N–H and O–H groups in total. The van der Waals surface area contributed by atoms with Gasteiger partial charge in [0.1, 0.15) is 5.75 Å². The normalized spacial score (nSPS) is 10.1. The minimum Gasteiger partial charge on any atom is -0.494 e. The van der Waals surface area contributed by atoms with Crippen LogP contribution in [0.4, 0.5) is 10.5 Å². The molecule has 0 saturated heterocycles. The predicted octanol–water partition coefficient (Wildman–Crippen LogP) is 1.37. The number of hydrogen-bond acceptors (Lipinski definition) is 4. The highest BCUT2D eigenvalue weighted by atomic mass is 16.5. The Kier molecular flexibility index (Phi) is 5.76. The van der Waals surface area contributed by atoms with Gasteiger partial charge in [0.15, 0.2) is 0 Å². The molecule has 0 radical (unpaired) electrons. The Hall–Kier alpha value is -2.83. The summed E-state index contributed by atoms with van der Waals surface area (Å²) in [5.41, 5.74) is 0.448. The van der Waals surface area contributed by atoms with Crippen molar-refractivity contribution in [3.05, 3.63) is 36.4 Å². The fourth-order valence-corrected chi connectivity index (χ4v) is 1.29. The number of aliphatic carboxylic acids is 1. The number of carbonyl (C=O) groups excluding carboxylic acids is 2. The number of anilines is 1. The maximum Gasteiger partial charge on any atom is 0.328 e. The van der Waals surface area contributed by atoms with E-state index in [9.17, 15) is 14.4 Å². The van der Waals surface area contributed by atoms with Gasteiger partial charge in [-0.3, -0.25) is 10.1 Å². The number of benzene rings is 1. The van der Waals surface area contributed by atoms with Crippen molar-refractivity contribution < 1.29 is 24.2 Å². The van der Waals surface area contributed by atoms with Crippen LogP contribution in [0.5, 0.6) is 5.75 Å². The first-order chi connectivity index (χ1) is 9.51. The Bertz CT molecular complexity index is 539. The molecule has 106 valence electrons. The minimum atomic E-state index is -1.27. The lowest BCUT2D eigenvalue weighted by Gasteiger charge is -2.07. The number of carboxylic acids is 1. The van der Waals surface area contributed by atoms with Crippen LogP contribution < -0.4 is 15.4 Å². The third-order valence-corrected chi connectivity index (χ3v) is 2.02. The van der Waals surface area contributed by atoms with Gasteiger partial charge in [0.25, 0.3) is 5.91 Å². The molecule has 0 aliphatic rings. The standard InChI is InChI=1S/C13H14N2O5/c1-2-20-10-5-3-4-9(8-10)14-13(19)15-11(16)6-7-12(17)18/h3-8H,2H2,1H3,(H,17,18)(H2,14,15,16,19).